The van der Waals surface area contributed by atoms with Crippen molar-refractivity contribution in [3.63, 3.8) is 0 Å². The van der Waals surface area contributed by atoms with Crippen LogP contribution in [-0.2, 0) is 14.6 Å². The summed E-state index contributed by atoms with van der Waals surface area (Å²) in [6, 6.07) is 0. The van der Waals surface area contributed by atoms with Crippen molar-refractivity contribution >= 4 is 18.3 Å². The summed E-state index contributed by atoms with van der Waals surface area (Å²) in [5.41, 5.74) is 0. The van der Waals surface area contributed by atoms with E-state index < -0.39 is 18.3 Å². The summed E-state index contributed by atoms with van der Waals surface area (Å²) < 4.78 is 27.8. The van der Waals surface area contributed by atoms with E-state index in [1.165, 1.54) is 7.05 Å². The lowest BCUT2D eigenvalue weighted by Gasteiger charge is -2.23. The third-order valence-corrected chi connectivity index (χ3v) is 2.83. The average Bonchev–Trinajstić information content (AvgIpc) is 1.56. The van der Waals surface area contributed by atoms with Gasteiger partial charge in [-0.2, -0.15) is 0 Å². The molecule has 0 fully saturated rings. The van der Waals surface area contributed by atoms with Crippen LogP contribution in [-0.4, -0.2) is 34.5 Å². The third-order valence-electron chi connectivity index (χ3n) is 0.869. The lowest BCUT2D eigenvalue weighted by atomic mass is 11.6. The van der Waals surface area contributed by atoms with Crippen LogP contribution in [0.1, 0.15) is 0 Å². The number of hydrogen-bond donors (Lipinski definition) is 0. The van der Waals surface area contributed by atoms with Crippen LogP contribution in [0.25, 0.3) is 0 Å². The molecule has 0 aromatic heterocycles. The normalized spacial score (nSPS) is 14.0. The van der Waals surface area contributed by atoms with Crippen LogP contribution in [0.15, 0.2) is 0 Å². The molecule has 0 aromatic rings. The SMILES string of the molecule is CN(O[Si](C)(C)C)S(C)(=O)=O. The van der Waals surface area contributed by atoms with E-state index in [1.807, 2.05) is 19.6 Å². The maximum atomic E-state index is 10.8. The van der Waals surface area contributed by atoms with Gasteiger partial charge in [0.05, 0.1) is 6.26 Å². The van der Waals surface area contributed by atoms with E-state index in [-0.39, 0.29) is 0 Å². The van der Waals surface area contributed by atoms with Gasteiger partial charge >= 0.3 is 0 Å². The highest BCUT2D eigenvalue weighted by molar-refractivity contribution is 7.88. The van der Waals surface area contributed by atoms with Crippen LogP contribution in [0.2, 0.25) is 19.6 Å². The number of rotatable bonds is 3. The Morgan fingerprint density at radius 2 is 1.64 bits per heavy atom. The third kappa shape index (κ3) is 5.37. The molecule has 0 N–H and O–H groups in total. The molecule has 0 aromatic carbocycles. The summed E-state index contributed by atoms with van der Waals surface area (Å²) in [6.45, 7) is 5.78. The average molecular weight is 197 g/mol. The number of hydrogen-bond acceptors (Lipinski definition) is 3. The minimum Gasteiger partial charge on any atom is -0.330 e. The quantitative estimate of drug-likeness (QED) is 0.493. The first-order valence-electron chi connectivity index (χ1n) is 3.26. The maximum Gasteiger partial charge on any atom is 0.231 e. The molecule has 0 unspecified atom stereocenters. The van der Waals surface area contributed by atoms with Gasteiger partial charge in [-0.25, -0.2) is 8.42 Å². The van der Waals surface area contributed by atoms with Gasteiger partial charge in [-0.15, -0.1) is 0 Å². The molecule has 11 heavy (non-hydrogen) atoms. The first-order chi connectivity index (χ1) is 4.63. The topological polar surface area (TPSA) is 46.6 Å². The molecule has 68 valence electrons. The largest absolute Gasteiger partial charge is 0.330 e. The summed E-state index contributed by atoms with van der Waals surface area (Å²) in [4.78, 5) is 0. The second-order valence-corrected chi connectivity index (χ2v) is 9.76. The minimum atomic E-state index is -3.19. The van der Waals surface area contributed by atoms with E-state index in [0.717, 1.165) is 10.7 Å². The lowest BCUT2D eigenvalue weighted by molar-refractivity contribution is 0.0556. The fourth-order valence-corrected chi connectivity index (χ4v) is 2.44. The second kappa shape index (κ2) is 3.22. The van der Waals surface area contributed by atoms with Crippen molar-refractivity contribution in [3.05, 3.63) is 0 Å². The molecule has 0 aliphatic rings. The molecule has 0 bridgehead atoms. The molecule has 0 saturated heterocycles. The Labute approximate surface area is 69.3 Å². The van der Waals surface area contributed by atoms with Crippen molar-refractivity contribution in [2.75, 3.05) is 13.3 Å². The highest BCUT2D eigenvalue weighted by atomic mass is 32.2. The van der Waals surface area contributed by atoms with Crippen molar-refractivity contribution in [1.29, 1.82) is 0 Å². The lowest BCUT2D eigenvalue weighted by Crippen LogP contribution is -2.38. The molecular formula is C5H15NO3SSi. The molecule has 0 aliphatic carbocycles. The molecule has 0 rings (SSSR count). The highest BCUT2D eigenvalue weighted by Crippen LogP contribution is 2.07. The van der Waals surface area contributed by atoms with Gasteiger partial charge < -0.3 is 4.53 Å². The van der Waals surface area contributed by atoms with E-state index in [2.05, 4.69) is 0 Å². The van der Waals surface area contributed by atoms with E-state index in [9.17, 15) is 8.42 Å². The summed E-state index contributed by atoms with van der Waals surface area (Å²) in [5, 5.41) is 0. The van der Waals surface area contributed by atoms with Gasteiger partial charge in [0.2, 0.25) is 18.3 Å². The van der Waals surface area contributed by atoms with Crippen molar-refractivity contribution in [2.45, 2.75) is 19.6 Å². The molecule has 6 heteroatoms. The molecule has 0 aliphatic heterocycles. The molecule has 0 amide bonds. The number of sulfonamides is 1. The summed E-state index contributed by atoms with van der Waals surface area (Å²) >= 11 is 0. The molecule has 0 saturated carbocycles. The molecule has 0 heterocycles. The van der Waals surface area contributed by atoms with Crippen molar-refractivity contribution in [2.24, 2.45) is 0 Å². The Balaban J connectivity index is 4.22. The zero-order valence-electron chi connectivity index (χ0n) is 7.58. The Morgan fingerprint density at radius 1 is 1.27 bits per heavy atom. The van der Waals surface area contributed by atoms with E-state index in [4.69, 9.17) is 4.53 Å². The summed E-state index contributed by atoms with van der Waals surface area (Å²) in [7, 11) is -3.56. The van der Waals surface area contributed by atoms with Gasteiger partial charge in [-0.1, -0.05) is 4.47 Å². The first-order valence-corrected chi connectivity index (χ1v) is 8.51. The molecular weight excluding hydrogens is 182 g/mol. The van der Waals surface area contributed by atoms with Crippen molar-refractivity contribution in [3.8, 4) is 0 Å². The van der Waals surface area contributed by atoms with Crippen LogP contribution in [0.5, 0.6) is 0 Å². The fraction of sp³-hybridized carbons (Fsp3) is 1.00. The van der Waals surface area contributed by atoms with Crippen molar-refractivity contribution < 1.29 is 12.9 Å². The Kier molecular flexibility index (Phi) is 3.24. The fourth-order valence-electron chi connectivity index (χ4n) is 0.453. The summed E-state index contributed by atoms with van der Waals surface area (Å²) in [5.74, 6) is 0. The monoisotopic (exact) mass is 197 g/mol. The smallest absolute Gasteiger partial charge is 0.231 e. The van der Waals surface area contributed by atoms with Crippen molar-refractivity contribution in [1.82, 2.24) is 4.47 Å². The Bertz CT molecular complexity index is 218. The molecule has 0 radical (unpaired) electrons. The zero-order valence-corrected chi connectivity index (χ0v) is 9.40. The van der Waals surface area contributed by atoms with Gasteiger partial charge in [0, 0.05) is 7.05 Å². The molecule has 0 spiro atoms. The van der Waals surface area contributed by atoms with Crippen LogP contribution in [0.4, 0.5) is 0 Å². The van der Waals surface area contributed by atoms with E-state index in [1.54, 1.807) is 0 Å². The first kappa shape index (κ1) is 11.1. The summed E-state index contributed by atoms with van der Waals surface area (Å²) in [6.07, 6.45) is 1.12. The van der Waals surface area contributed by atoms with Gasteiger partial charge in [0.15, 0.2) is 0 Å². The van der Waals surface area contributed by atoms with Gasteiger partial charge in [0.1, 0.15) is 0 Å². The van der Waals surface area contributed by atoms with Crippen LogP contribution >= 0.6 is 0 Å². The van der Waals surface area contributed by atoms with Gasteiger partial charge in [-0.05, 0) is 19.6 Å². The Morgan fingerprint density at radius 3 is 1.73 bits per heavy atom. The minimum absolute atomic E-state index is 0.930. The molecule has 4 nitrogen and oxygen atoms in total. The number of nitrogens with zero attached hydrogens (tertiary/aromatic N) is 1. The van der Waals surface area contributed by atoms with Crippen LogP contribution in [0.3, 0.4) is 0 Å². The predicted molar refractivity (Wildman–Crippen MR) is 47.0 cm³/mol. The number of hydroxylamine groups is 1. The highest BCUT2D eigenvalue weighted by Gasteiger charge is 2.22. The standard InChI is InChI=1S/C5H15NO3SSi/c1-6(10(2,7)8)9-11(3,4)5/h1-5H3. The van der Waals surface area contributed by atoms with Gasteiger partial charge in [0.25, 0.3) is 0 Å². The zero-order chi connectivity index (χ0) is 9.28. The van der Waals surface area contributed by atoms with E-state index in [0.29, 0.717) is 0 Å². The van der Waals surface area contributed by atoms with Gasteiger partial charge in [-0.3, -0.25) is 0 Å². The second-order valence-electron chi connectivity index (χ2n) is 3.38. The molecule has 0 atom stereocenters. The van der Waals surface area contributed by atoms with Crippen LogP contribution in [0, 0.1) is 0 Å². The maximum absolute atomic E-state index is 10.8. The Hall–Kier alpha value is 0.0869. The van der Waals surface area contributed by atoms with E-state index >= 15 is 0 Å². The van der Waals surface area contributed by atoms with Crippen LogP contribution < -0.4 is 0 Å². The predicted octanol–water partition coefficient (Wildman–Crippen LogP) is 0.644.